The maximum atomic E-state index is 12.7. The number of methoxy groups -OCH3 is 2. The van der Waals surface area contributed by atoms with Gasteiger partial charge in [-0.15, -0.1) is 0 Å². The quantitative estimate of drug-likeness (QED) is 0.608. The zero-order chi connectivity index (χ0) is 20.1. The van der Waals surface area contributed by atoms with Crippen molar-refractivity contribution in [2.75, 3.05) is 24.9 Å². The fourth-order valence-corrected chi connectivity index (χ4v) is 2.91. The number of ether oxygens (including phenoxy) is 2. The number of benzene rings is 2. The highest BCUT2D eigenvalue weighted by atomic mass is 35.5. The highest BCUT2D eigenvalue weighted by Gasteiger charge is 2.11. The topological polar surface area (TPSA) is 72.5 Å². The molecule has 2 N–H and O–H groups in total. The van der Waals surface area contributed by atoms with Gasteiger partial charge in [-0.05, 0) is 48.9 Å². The Morgan fingerprint density at radius 1 is 0.964 bits per heavy atom. The molecule has 0 unspecified atom stereocenters. The van der Waals surface area contributed by atoms with E-state index in [0.717, 1.165) is 11.3 Å². The second-order valence-electron chi connectivity index (χ2n) is 6.09. The number of pyridine rings is 1. The molecule has 144 valence electrons. The molecule has 28 heavy (non-hydrogen) atoms. The zero-order valence-corrected chi connectivity index (χ0v) is 16.5. The van der Waals surface area contributed by atoms with Crippen LogP contribution in [0.1, 0.15) is 15.9 Å². The summed E-state index contributed by atoms with van der Waals surface area (Å²) in [6.07, 6.45) is 3.13. The van der Waals surface area contributed by atoms with Crippen LogP contribution in [0.15, 0.2) is 54.9 Å². The van der Waals surface area contributed by atoms with Crippen LogP contribution in [0.3, 0.4) is 0 Å². The van der Waals surface area contributed by atoms with E-state index in [1.807, 2.05) is 31.2 Å². The van der Waals surface area contributed by atoms with Gasteiger partial charge in [0.1, 0.15) is 11.5 Å². The van der Waals surface area contributed by atoms with Gasteiger partial charge in [-0.2, -0.15) is 0 Å². The van der Waals surface area contributed by atoms with E-state index < -0.39 is 0 Å². The molecule has 0 aliphatic heterocycles. The van der Waals surface area contributed by atoms with Crippen molar-refractivity contribution < 1.29 is 14.3 Å². The van der Waals surface area contributed by atoms with Crippen LogP contribution in [0.4, 0.5) is 17.1 Å². The third-order valence-corrected chi connectivity index (χ3v) is 4.34. The van der Waals surface area contributed by atoms with Crippen molar-refractivity contribution in [2.24, 2.45) is 0 Å². The van der Waals surface area contributed by atoms with Gasteiger partial charge in [0.25, 0.3) is 5.91 Å². The average Bonchev–Trinajstić information content (AvgIpc) is 2.68. The molecule has 3 rings (SSSR count). The van der Waals surface area contributed by atoms with Gasteiger partial charge in [-0.25, -0.2) is 0 Å². The first-order valence-electron chi connectivity index (χ1n) is 8.52. The van der Waals surface area contributed by atoms with E-state index in [4.69, 9.17) is 21.1 Å². The van der Waals surface area contributed by atoms with E-state index in [1.165, 1.54) is 6.20 Å². The first kappa shape index (κ1) is 19.5. The van der Waals surface area contributed by atoms with Gasteiger partial charge < -0.3 is 20.1 Å². The van der Waals surface area contributed by atoms with Crippen molar-refractivity contribution in [2.45, 2.75) is 6.92 Å². The summed E-state index contributed by atoms with van der Waals surface area (Å²) in [5, 5.41) is 6.53. The molecule has 2 aromatic carbocycles. The summed E-state index contributed by atoms with van der Waals surface area (Å²) < 4.78 is 10.5. The summed E-state index contributed by atoms with van der Waals surface area (Å²) in [4.78, 5) is 16.8. The molecular formula is C21H20ClN3O3. The largest absolute Gasteiger partial charge is 0.495 e. The summed E-state index contributed by atoms with van der Waals surface area (Å²) >= 11 is 6.15. The second-order valence-corrected chi connectivity index (χ2v) is 6.50. The maximum Gasteiger partial charge on any atom is 0.257 e. The predicted molar refractivity (Wildman–Crippen MR) is 111 cm³/mol. The lowest BCUT2D eigenvalue weighted by Crippen LogP contribution is -2.13. The Morgan fingerprint density at radius 2 is 1.71 bits per heavy atom. The molecule has 1 amide bonds. The van der Waals surface area contributed by atoms with Gasteiger partial charge >= 0.3 is 0 Å². The first-order chi connectivity index (χ1) is 13.5. The van der Waals surface area contributed by atoms with E-state index in [2.05, 4.69) is 15.6 Å². The number of carbonyl (C=O) groups is 1. The maximum absolute atomic E-state index is 12.7. The van der Waals surface area contributed by atoms with E-state index >= 15 is 0 Å². The Labute approximate surface area is 168 Å². The minimum Gasteiger partial charge on any atom is -0.495 e. The number of nitrogens with zero attached hydrogens (tertiary/aromatic N) is 1. The molecule has 7 heteroatoms. The highest BCUT2D eigenvalue weighted by molar-refractivity contribution is 6.32. The highest BCUT2D eigenvalue weighted by Crippen LogP contribution is 2.29. The molecular weight excluding hydrogens is 378 g/mol. The summed E-state index contributed by atoms with van der Waals surface area (Å²) in [7, 11) is 3.12. The van der Waals surface area contributed by atoms with E-state index in [0.29, 0.717) is 33.5 Å². The zero-order valence-electron chi connectivity index (χ0n) is 15.7. The third-order valence-electron chi connectivity index (χ3n) is 4.04. The SMILES string of the molecule is COc1ccc(Nc2cncc(C(=O)Nc3cc(C)ccc3OC)c2)cc1Cl. The summed E-state index contributed by atoms with van der Waals surface area (Å²) in [6, 6.07) is 12.6. The molecule has 3 aromatic rings. The number of rotatable bonds is 6. The van der Waals surface area contributed by atoms with Crippen LogP contribution in [0.5, 0.6) is 11.5 Å². The third kappa shape index (κ3) is 4.53. The average molecular weight is 398 g/mol. The molecule has 0 aliphatic rings. The molecule has 0 spiro atoms. The van der Waals surface area contributed by atoms with Crippen LogP contribution in [-0.4, -0.2) is 25.1 Å². The number of aromatic nitrogens is 1. The Kier molecular flexibility index (Phi) is 6.01. The van der Waals surface area contributed by atoms with Crippen LogP contribution >= 0.6 is 11.6 Å². The number of halogens is 1. The first-order valence-corrected chi connectivity index (χ1v) is 8.89. The number of nitrogens with one attached hydrogen (secondary N) is 2. The van der Waals surface area contributed by atoms with E-state index in [-0.39, 0.29) is 5.91 Å². The molecule has 1 heterocycles. The number of amides is 1. The van der Waals surface area contributed by atoms with Crippen molar-refractivity contribution >= 4 is 34.6 Å². The molecule has 1 aromatic heterocycles. The van der Waals surface area contributed by atoms with Gasteiger partial charge in [0.15, 0.2) is 0 Å². The van der Waals surface area contributed by atoms with Crippen LogP contribution in [0.25, 0.3) is 0 Å². The smallest absolute Gasteiger partial charge is 0.257 e. The Hall–Kier alpha value is -3.25. The number of aryl methyl sites for hydroxylation is 1. The van der Waals surface area contributed by atoms with E-state index in [9.17, 15) is 4.79 Å². The van der Waals surface area contributed by atoms with Gasteiger partial charge in [0.2, 0.25) is 0 Å². The van der Waals surface area contributed by atoms with Crippen molar-refractivity contribution in [3.05, 3.63) is 71.0 Å². The van der Waals surface area contributed by atoms with Gasteiger partial charge in [0.05, 0.1) is 42.4 Å². The standard InChI is InChI=1S/C21H20ClN3O3/c1-13-4-6-20(28-3)18(8-13)25-21(26)14-9-16(12-23-11-14)24-15-5-7-19(27-2)17(22)10-15/h4-12,24H,1-3H3,(H,25,26). The molecule has 0 aliphatic carbocycles. The molecule has 0 saturated heterocycles. The van der Waals surface area contributed by atoms with Crippen molar-refractivity contribution in [3.8, 4) is 11.5 Å². The number of hydrogen-bond acceptors (Lipinski definition) is 5. The summed E-state index contributed by atoms with van der Waals surface area (Å²) in [5.74, 6) is 0.896. The van der Waals surface area contributed by atoms with Crippen molar-refractivity contribution in [1.29, 1.82) is 0 Å². The Bertz CT molecular complexity index is 1010. The van der Waals surface area contributed by atoms with E-state index in [1.54, 1.807) is 38.6 Å². The molecule has 0 fully saturated rings. The fraction of sp³-hybridized carbons (Fsp3) is 0.143. The second kappa shape index (κ2) is 8.63. The minimum absolute atomic E-state index is 0.284. The summed E-state index contributed by atoms with van der Waals surface area (Å²) in [6.45, 7) is 1.95. The Morgan fingerprint density at radius 3 is 2.43 bits per heavy atom. The molecule has 0 saturated carbocycles. The normalized spacial score (nSPS) is 10.3. The van der Waals surface area contributed by atoms with Crippen LogP contribution < -0.4 is 20.1 Å². The monoisotopic (exact) mass is 397 g/mol. The molecule has 0 bridgehead atoms. The van der Waals surface area contributed by atoms with Crippen molar-refractivity contribution in [3.63, 3.8) is 0 Å². The van der Waals surface area contributed by atoms with Crippen LogP contribution in [0.2, 0.25) is 5.02 Å². The molecule has 0 radical (unpaired) electrons. The fourth-order valence-electron chi connectivity index (χ4n) is 2.66. The van der Waals surface area contributed by atoms with Crippen molar-refractivity contribution in [1.82, 2.24) is 4.98 Å². The Balaban J connectivity index is 1.78. The van der Waals surface area contributed by atoms with Gasteiger partial charge in [-0.1, -0.05) is 17.7 Å². The van der Waals surface area contributed by atoms with Gasteiger partial charge in [-0.3, -0.25) is 9.78 Å². The summed E-state index contributed by atoms with van der Waals surface area (Å²) in [5.41, 5.74) is 3.44. The lowest BCUT2D eigenvalue weighted by molar-refractivity contribution is 0.102. The predicted octanol–water partition coefficient (Wildman–Crippen LogP) is 5.06. The van der Waals surface area contributed by atoms with Crippen LogP contribution in [-0.2, 0) is 0 Å². The molecule has 6 nitrogen and oxygen atoms in total. The number of anilines is 3. The number of hydrogen-bond donors (Lipinski definition) is 2. The molecule has 0 atom stereocenters. The lowest BCUT2D eigenvalue weighted by atomic mass is 10.2. The lowest BCUT2D eigenvalue weighted by Gasteiger charge is -2.12. The van der Waals surface area contributed by atoms with Crippen LogP contribution in [0, 0.1) is 6.92 Å². The number of carbonyl (C=O) groups excluding carboxylic acids is 1. The minimum atomic E-state index is -0.284. The van der Waals surface area contributed by atoms with Gasteiger partial charge in [0, 0.05) is 11.9 Å².